The maximum atomic E-state index is 8.81. The van der Waals surface area contributed by atoms with Crippen LogP contribution in [-0.4, -0.2) is 18.1 Å². The topological polar surface area (TPSA) is 71.9 Å². The Balaban J connectivity index is 1.91. The first kappa shape index (κ1) is 12.8. The van der Waals surface area contributed by atoms with E-state index in [-0.39, 0.29) is 0 Å². The summed E-state index contributed by atoms with van der Waals surface area (Å²) in [5.74, 6) is 1.63. The van der Waals surface area contributed by atoms with Gasteiger partial charge in [0, 0.05) is 12.3 Å². The molecule has 0 saturated heterocycles. The van der Waals surface area contributed by atoms with E-state index in [2.05, 4.69) is 11.1 Å². The van der Waals surface area contributed by atoms with Crippen LogP contribution in [0, 0.1) is 23.2 Å². The highest BCUT2D eigenvalue weighted by atomic mass is 16.5. The smallest absolute Gasteiger partial charge is 0.214 e. The quantitative estimate of drug-likeness (QED) is 0.881. The second kappa shape index (κ2) is 6.36. The van der Waals surface area contributed by atoms with Gasteiger partial charge in [-0.3, -0.25) is 0 Å². The summed E-state index contributed by atoms with van der Waals surface area (Å²) in [6.45, 7) is 1.39. The van der Waals surface area contributed by atoms with E-state index < -0.39 is 0 Å². The summed E-state index contributed by atoms with van der Waals surface area (Å²) < 4.78 is 5.70. The van der Waals surface area contributed by atoms with Gasteiger partial charge < -0.3 is 10.5 Å². The van der Waals surface area contributed by atoms with Gasteiger partial charge in [-0.05, 0) is 37.3 Å². The molecule has 1 aliphatic rings. The summed E-state index contributed by atoms with van der Waals surface area (Å²) in [5.41, 5.74) is 6.38. The molecule has 4 heteroatoms. The Morgan fingerprint density at radius 1 is 1.39 bits per heavy atom. The molecule has 0 aromatic carbocycles. The van der Waals surface area contributed by atoms with E-state index in [4.69, 9.17) is 15.7 Å². The molecule has 1 aromatic heterocycles. The molecule has 18 heavy (non-hydrogen) atoms. The predicted molar refractivity (Wildman–Crippen MR) is 68.9 cm³/mol. The van der Waals surface area contributed by atoms with Crippen LogP contribution in [0.3, 0.4) is 0 Å². The number of rotatable bonds is 4. The number of nitrogens with zero attached hydrogens (tertiary/aromatic N) is 2. The Hall–Kier alpha value is -1.60. The minimum atomic E-state index is 0.524. The molecular weight excluding hydrogens is 226 g/mol. The molecule has 0 radical (unpaired) electrons. The molecule has 96 valence electrons. The third-order valence-electron chi connectivity index (χ3n) is 3.68. The van der Waals surface area contributed by atoms with Crippen LogP contribution in [0.5, 0.6) is 5.88 Å². The van der Waals surface area contributed by atoms with Crippen molar-refractivity contribution in [2.24, 2.45) is 17.6 Å². The van der Waals surface area contributed by atoms with Crippen molar-refractivity contribution >= 4 is 0 Å². The molecule has 2 rings (SSSR count). The highest BCUT2D eigenvalue weighted by Gasteiger charge is 2.24. The molecule has 1 heterocycles. The van der Waals surface area contributed by atoms with E-state index in [0.29, 0.717) is 29.9 Å². The predicted octanol–water partition coefficient (Wildman–Crippen LogP) is 2.10. The number of pyridine rings is 1. The molecule has 1 fully saturated rings. The van der Waals surface area contributed by atoms with Crippen molar-refractivity contribution in [3.05, 3.63) is 23.9 Å². The van der Waals surface area contributed by atoms with Gasteiger partial charge in [0.15, 0.2) is 0 Å². The van der Waals surface area contributed by atoms with E-state index in [1.54, 1.807) is 18.3 Å². The minimum absolute atomic E-state index is 0.524. The van der Waals surface area contributed by atoms with Gasteiger partial charge >= 0.3 is 0 Å². The van der Waals surface area contributed by atoms with Gasteiger partial charge in [-0.15, -0.1) is 0 Å². The largest absolute Gasteiger partial charge is 0.477 e. The normalized spacial score (nSPS) is 23.3. The lowest BCUT2D eigenvalue weighted by Gasteiger charge is -2.30. The summed E-state index contributed by atoms with van der Waals surface area (Å²) in [6, 6.07) is 5.44. The summed E-state index contributed by atoms with van der Waals surface area (Å²) >= 11 is 0. The highest BCUT2D eigenvalue weighted by Crippen LogP contribution is 2.29. The van der Waals surface area contributed by atoms with Crippen molar-refractivity contribution in [2.45, 2.75) is 25.7 Å². The van der Waals surface area contributed by atoms with Crippen LogP contribution in [-0.2, 0) is 0 Å². The first-order chi connectivity index (χ1) is 8.83. The fraction of sp³-hybridized carbons (Fsp3) is 0.571. The number of hydrogen-bond acceptors (Lipinski definition) is 4. The van der Waals surface area contributed by atoms with Crippen LogP contribution in [0.25, 0.3) is 0 Å². The van der Waals surface area contributed by atoms with E-state index in [0.717, 1.165) is 6.54 Å². The minimum Gasteiger partial charge on any atom is -0.477 e. The van der Waals surface area contributed by atoms with Gasteiger partial charge in [0.05, 0.1) is 18.2 Å². The molecule has 2 N–H and O–H groups in total. The molecule has 0 bridgehead atoms. The van der Waals surface area contributed by atoms with Gasteiger partial charge in [0.25, 0.3) is 0 Å². The third-order valence-corrected chi connectivity index (χ3v) is 3.68. The Labute approximate surface area is 108 Å². The average molecular weight is 245 g/mol. The van der Waals surface area contributed by atoms with Crippen molar-refractivity contribution < 1.29 is 4.74 Å². The summed E-state index contributed by atoms with van der Waals surface area (Å²) in [5, 5.41) is 8.81. The SMILES string of the molecule is N#Cc1ccnc(OCC2CCCCC2CN)c1. The van der Waals surface area contributed by atoms with Crippen molar-refractivity contribution in [2.75, 3.05) is 13.2 Å². The maximum Gasteiger partial charge on any atom is 0.214 e. The lowest BCUT2D eigenvalue weighted by molar-refractivity contribution is 0.149. The Morgan fingerprint density at radius 2 is 2.17 bits per heavy atom. The molecular formula is C14H19N3O. The summed E-state index contributed by atoms with van der Waals surface area (Å²) in [7, 11) is 0. The fourth-order valence-electron chi connectivity index (χ4n) is 2.56. The van der Waals surface area contributed by atoms with Crippen molar-refractivity contribution in [1.82, 2.24) is 4.98 Å². The van der Waals surface area contributed by atoms with Gasteiger partial charge in [0.2, 0.25) is 5.88 Å². The zero-order valence-electron chi connectivity index (χ0n) is 10.5. The van der Waals surface area contributed by atoms with Crippen LogP contribution in [0.4, 0.5) is 0 Å². The van der Waals surface area contributed by atoms with Crippen molar-refractivity contribution in [3.8, 4) is 11.9 Å². The molecule has 4 nitrogen and oxygen atoms in total. The zero-order valence-corrected chi connectivity index (χ0v) is 10.5. The van der Waals surface area contributed by atoms with Crippen LogP contribution < -0.4 is 10.5 Å². The standard InChI is InChI=1S/C14H19N3O/c15-8-11-5-6-17-14(7-11)18-10-13-4-2-1-3-12(13)9-16/h5-7,12-13H,1-4,9-10,16H2. The van der Waals surface area contributed by atoms with Gasteiger partial charge in [0.1, 0.15) is 0 Å². The number of hydrogen-bond donors (Lipinski definition) is 1. The van der Waals surface area contributed by atoms with E-state index >= 15 is 0 Å². The van der Waals surface area contributed by atoms with E-state index in [1.807, 2.05) is 0 Å². The Kier molecular flexibility index (Phi) is 4.54. The Morgan fingerprint density at radius 3 is 2.89 bits per heavy atom. The lowest BCUT2D eigenvalue weighted by atomic mass is 9.80. The van der Waals surface area contributed by atoms with E-state index in [9.17, 15) is 0 Å². The molecule has 1 aliphatic carbocycles. The molecule has 1 saturated carbocycles. The lowest BCUT2D eigenvalue weighted by Crippen LogP contribution is -2.30. The number of aromatic nitrogens is 1. The van der Waals surface area contributed by atoms with Crippen LogP contribution >= 0.6 is 0 Å². The van der Waals surface area contributed by atoms with Crippen molar-refractivity contribution in [3.63, 3.8) is 0 Å². The number of ether oxygens (including phenoxy) is 1. The van der Waals surface area contributed by atoms with Gasteiger partial charge in [-0.25, -0.2) is 4.98 Å². The van der Waals surface area contributed by atoms with Gasteiger partial charge in [-0.2, -0.15) is 5.26 Å². The molecule has 2 atom stereocenters. The molecule has 0 amide bonds. The first-order valence-electron chi connectivity index (χ1n) is 6.52. The summed E-state index contributed by atoms with van der Waals surface area (Å²) in [4.78, 5) is 4.12. The van der Waals surface area contributed by atoms with Crippen molar-refractivity contribution in [1.29, 1.82) is 5.26 Å². The molecule has 1 aromatic rings. The van der Waals surface area contributed by atoms with Crippen LogP contribution in [0.1, 0.15) is 31.2 Å². The van der Waals surface area contributed by atoms with E-state index in [1.165, 1.54) is 25.7 Å². The molecule has 0 spiro atoms. The summed E-state index contributed by atoms with van der Waals surface area (Å²) in [6.07, 6.45) is 6.53. The second-order valence-corrected chi connectivity index (χ2v) is 4.85. The van der Waals surface area contributed by atoms with Crippen LogP contribution in [0.2, 0.25) is 0 Å². The van der Waals surface area contributed by atoms with Crippen LogP contribution in [0.15, 0.2) is 18.3 Å². The monoisotopic (exact) mass is 245 g/mol. The highest BCUT2D eigenvalue weighted by molar-refractivity contribution is 5.31. The third kappa shape index (κ3) is 3.21. The Bertz CT molecular complexity index is 427. The first-order valence-corrected chi connectivity index (χ1v) is 6.52. The number of nitrogens with two attached hydrogens (primary N) is 1. The maximum absolute atomic E-state index is 8.81. The fourth-order valence-corrected chi connectivity index (χ4v) is 2.56. The van der Waals surface area contributed by atoms with Gasteiger partial charge in [-0.1, -0.05) is 12.8 Å². The number of nitriles is 1. The second-order valence-electron chi connectivity index (χ2n) is 4.85. The molecule has 0 aliphatic heterocycles. The average Bonchev–Trinajstić information content (AvgIpc) is 2.45. The zero-order chi connectivity index (χ0) is 12.8. The molecule has 2 unspecified atom stereocenters.